The lowest BCUT2D eigenvalue weighted by molar-refractivity contribution is -0.149. The summed E-state index contributed by atoms with van der Waals surface area (Å²) in [6.45, 7) is 14.4. The minimum atomic E-state index is 0.0724. The summed E-state index contributed by atoms with van der Waals surface area (Å²) in [7, 11) is 0. The second kappa shape index (κ2) is 36.0. The van der Waals surface area contributed by atoms with Crippen molar-refractivity contribution in [2.45, 2.75) is 170 Å². The molecular weight excluding hydrogens is 406 g/mol. The third kappa shape index (κ3) is 36.2. The van der Waals surface area contributed by atoms with E-state index in [0.29, 0.717) is 6.61 Å². The van der Waals surface area contributed by atoms with E-state index in [2.05, 4.69) is 41.5 Å². The SMILES string of the molecule is CCC.CCC.CCCCCCCCC(CCCCCC)C(=O)OCCCCCCCCN. The van der Waals surface area contributed by atoms with Crippen LogP contribution in [0.2, 0.25) is 0 Å². The van der Waals surface area contributed by atoms with E-state index in [9.17, 15) is 4.79 Å². The Morgan fingerprint density at radius 3 is 1.39 bits per heavy atom. The lowest BCUT2D eigenvalue weighted by atomic mass is 9.94. The average molecular weight is 472 g/mol. The summed E-state index contributed by atoms with van der Waals surface area (Å²) in [5.74, 6) is 0.209. The molecular formula is C30H65NO2. The Hall–Kier alpha value is -0.570. The normalized spacial score (nSPS) is 11.1. The first kappa shape index (κ1) is 37.0. The van der Waals surface area contributed by atoms with Crippen molar-refractivity contribution in [2.24, 2.45) is 11.7 Å². The van der Waals surface area contributed by atoms with Crippen LogP contribution in [0, 0.1) is 5.92 Å². The Morgan fingerprint density at radius 2 is 0.939 bits per heavy atom. The molecule has 0 aromatic carbocycles. The van der Waals surface area contributed by atoms with E-state index in [4.69, 9.17) is 10.5 Å². The van der Waals surface area contributed by atoms with Gasteiger partial charge < -0.3 is 10.5 Å². The van der Waals surface area contributed by atoms with Gasteiger partial charge in [0.05, 0.1) is 12.5 Å². The Kier molecular flexibility index (Phi) is 40.4. The quantitative estimate of drug-likeness (QED) is 0.134. The van der Waals surface area contributed by atoms with Gasteiger partial charge in [0, 0.05) is 0 Å². The van der Waals surface area contributed by atoms with Gasteiger partial charge in [-0.25, -0.2) is 0 Å². The zero-order valence-electron chi connectivity index (χ0n) is 24.0. The molecule has 3 heteroatoms. The van der Waals surface area contributed by atoms with E-state index >= 15 is 0 Å². The van der Waals surface area contributed by atoms with Gasteiger partial charge >= 0.3 is 5.97 Å². The number of nitrogens with two attached hydrogens (primary N) is 1. The Balaban J connectivity index is -0.00000134. The molecule has 0 radical (unpaired) electrons. The lowest BCUT2D eigenvalue weighted by Crippen LogP contribution is -2.18. The molecule has 0 bridgehead atoms. The number of hydrogen-bond donors (Lipinski definition) is 1. The smallest absolute Gasteiger partial charge is 0.308 e. The lowest BCUT2D eigenvalue weighted by Gasteiger charge is -2.16. The second-order valence-electron chi connectivity index (χ2n) is 9.59. The van der Waals surface area contributed by atoms with Gasteiger partial charge in [0.25, 0.3) is 0 Å². The molecule has 0 saturated carbocycles. The topological polar surface area (TPSA) is 52.3 Å². The van der Waals surface area contributed by atoms with Crippen LogP contribution in [0.1, 0.15) is 170 Å². The molecule has 0 rings (SSSR count). The highest BCUT2D eigenvalue weighted by atomic mass is 16.5. The molecule has 0 saturated heterocycles. The molecule has 0 amide bonds. The number of carbonyl (C=O) groups is 1. The first-order chi connectivity index (χ1) is 16.1. The number of unbranched alkanes of at least 4 members (excludes halogenated alkanes) is 13. The molecule has 33 heavy (non-hydrogen) atoms. The molecule has 0 aliphatic heterocycles. The Bertz CT molecular complexity index is 331. The summed E-state index contributed by atoms with van der Waals surface area (Å²) in [5.41, 5.74) is 5.51. The zero-order valence-corrected chi connectivity index (χ0v) is 24.0. The summed E-state index contributed by atoms with van der Waals surface area (Å²) < 4.78 is 5.63. The third-order valence-electron chi connectivity index (χ3n) is 5.49. The van der Waals surface area contributed by atoms with Crippen LogP contribution in [0.5, 0.6) is 0 Å². The standard InChI is InChI=1S/C24H49NO2.2C3H8/c1-3-5-7-9-12-16-20-23(19-15-8-6-4-2)24(26)27-22-18-14-11-10-13-17-21-25;2*1-3-2/h23H,3-22,25H2,1-2H3;2*3H2,1-2H3. The van der Waals surface area contributed by atoms with Crippen LogP contribution in [0.15, 0.2) is 0 Å². The van der Waals surface area contributed by atoms with Crippen LogP contribution in [0.3, 0.4) is 0 Å². The number of carbonyl (C=O) groups excluding carboxylic acids is 1. The largest absolute Gasteiger partial charge is 0.465 e. The first-order valence-corrected chi connectivity index (χ1v) is 15.0. The van der Waals surface area contributed by atoms with Crippen molar-refractivity contribution in [1.29, 1.82) is 0 Å². The molecule has 0 fully saturated rings. The average Bonchev–Trinajstić information content (AvgIpc) is 2.80. The number of rotatable bonds is 21. The van der Waals surface area contributed by atoms with Crippen LogP contribution in [-0.4, -0.2) is 19.1 Å². The van der Waals surface area contributed by atoms with E-state index < -0.39 is 0 Å². The molecule has 1 unspecified atom stereocenters. The summed E-state index contributed by atoms with van der Waals surface area (Å²) in [6, 6.07) is 0. The highest BCUT2D eigenvalue weighted by Gasteiger charge is 2.19. The van der Waals surface area contributed by atoms with Gasteiger partial charge in [-0.05, 0) is 32.2 Å². The Labute approximate surface area is 210 Å². The monoisotopic (exact) mass is 472 g/mol. The predicted octanol–water partition coefficient (Wildman–Crippen LogP) is 10.00. The van der Waals surface area contributed by atoms with Crippen molar-refractivity contribution < 1.29 is 9.53 Å². The summed E-state index contributed by atoms with van der Waals surface area (Å²) >= 11 is 0. The maximum atomic E-state index is 12.5. The van der Waals surface area contributed by atoms with Gasteiger partial charge in [-0.2, -0.15) is 0 Å². The predicted molar refractivity (Wildman–Crippen MR) is 150 cm³/mol. The number of ether oxygens (including phenoxy) is 1. The minimum Gasteiger partial charge on any atom is -0.465 e. The van der Waals surface area contributed by atoms with E-state index in [1.54, 1.807) is 0 Å². The number of hydrogen-bond acceptors (Lipinski definition) is 3. The minimum absolute atomic E-state index is 0.0724. The fraction of sp³-hybridized carbons (Fsp3) is 0.967. The molecule has 3 nitrogen and oxygen atoms in total. The van der Waals surface area contributed by atoms with Crippen LogP contribution in [-0.2, 0) is 9.53 Å². The third-order valence-corrected chi connectivity index (χ3v) is 5.49. The van der Waals surface area contributed by atoms with E-state index in [1.165, 1.54) is 96.3 Å². The van der Waals surface area contributed by atoms with Crippen molar-refractivity contribution in [3.05, 3.63) is 0 Å². The fourth-order valence-corrected chi connectivity index (χ4v) is 3.61. The maximum Gasteiger partial charge on any atom is 0.308 e. The van der Waals surface area contributed by atoms with Crippen molar-refractivity contribution in [2.75, 3.05) is 13.2 Å². The second-order valence-corrected chi connectivity index (χ2v) is 9.59. The summed E-state index contributed by atoms with van der Waals surface area (Å²) in [6.07, 6.45) is 24.2. The molecule has 1 atom stereocenters. The van der Waals surface area contributed by atoms with Gasteiger partial charge in [0.1, 0.15) is 0 Å². The molecule has 0 heterocycles. The zero-order chi connectivity index (χ0) is 25.4. The highest BCUT2D eigenvalue weighted by Crippen LogP contribution is 2.20. The Morgan fingerprint density at radius 1 is 0.576 bits per heavy atom. The molecule has 0 aliphatic rings. The van der Waals surface area contributed by atoms with Crippen LogP contribution in [0.4, 0.5) is 0 Å². The highest BCUT2D eigenvalue weighted by molar-refractivity contribution is 5.72. The molecule has 2 N–H and O–H groups in total. The number of esters is 1. The van der Waals surface area contributed by atoms with Gasteiger partial charge in [0.2, 0.25) is 0 Å². The maximum absolute atomic E-state index is 12.5. The van der Waals surface area contributed by atoms with Gasteiger partial charge in [-0.3, -0.25) is 4.79 Å². The summed E-state index contributed by atoms with van der Waals surface area (Å²) in [4.78, 5) is 12.5. The van der Waals surface area contributed by atoms with Gasteiger partial charge in [-0.15, -0.1) is 0 Å². The van der Waals surface area contributed by atoms with Crippen LogP contribution in [0.25, 0.3) is 0 Å². The van der Waals surface area contributed by atoms with Crippen molar-refractivity contribution in [1.82, 2.24) is 0 Å². The van der Waals surface area contributed by atoms with Crippen molar-refractivity contribution in [3.8, 4) is 0 Å². The molecule has 202 valence electrons. The first-order valence-electron chi connectivity index (χ1n) is 15.0. The van der Waals surface area contributed by atoms with Gasteiger partial charge in [-0.1, -0.05) is 144 Å². The van der Waals surface area contributed by atoms with Crippen molar-refractivity contribution in [3.63, 3.8) is 0 Å². The van der Waals surface area contributed by atoms with E-state index in [0.717, 1.165) is 38.6 Å². The van der Waals surface area contributed by atoms with Crippen molar-refractivity contribution >= 4 is 5.97 Å². The summed E-state index contributed by atoms with van der Waals surface area (Å²) in [5, 5.41) is 0. The molecule has 0 aromatic rings. The van der Waals surface area contributed by atoms with Gasteiger partial charge in [0.15, 0.2) is 0 Å². The molecule has 0 spiro atoms. The van der Waals surface area contributed by atoms with Crippen LogP contribution >= 0.6 is 0 Å². The van der Waals surface area contributed by atoms with Crippen LogP contribution < -0.4 is 5.73 Å². The van der Waals surface area contributed by atoms with E-state index in [-0.39, 0.29) is 11.9 Å². The molecule has 0 aliphatic carbocycles. The van der Waals surface area contributed by atoms with E-state index in [1.807, 2.05) is 0 Å². The fourth-order valence-electron chi connectivity index (χ4n) is 3.61. The molecule has 0 aromatic heterocycles.